The van der Waals surface area contributed by atoms with Crippen LogP contribution in [0.1, 0.15) is 16.1 Å². The Bertz CT molecular complexity index is 787. The third-order valence-corrected chi connectivity index (χ3v) is 5.85. The molecule has 0 saturated carbocycles. The minimum Gasteiger partial charge on any atom is -0.355 e. The van der Waals surface area contributed by atoms with E-state index in [1.54, 1.807) is 19.1 Å². The lowest BCUT2D eigenvalue weighted by molar-refractivity contribution is 0.0964. The Morgan fingerprint density at radius 2 is 2.00 bits per heavy atom. The molecule has 0 aliphatic carbocycles. The molecule has 2 rings (SSSR count). The van der Waals surface area contributed by atoms with Crippen LogP contribution in [0.2, 0.25) is 4.47 Å². The minimum atomic E-state index is -3.85. The van der Waals surface area contributed by atoms with Crippen LogP contribution in [0.15, 0.2) is 28.5 Å². The first-order chi connectivity index (χ1) is 9.85. The predicted octanol–water partition coefficient (Wildman–Crippen LogP) is 2.27. The van der Waals surface area contributed by atoms with Gasteiger partial charge in [-0.3, -0.25) is 9.52 Å². The summed E-state index contributed by atoms with van der Waals surface area (Å²) in [5.74, 6) is -0.382. The van der Waals surface area contributed by atoms with E-state index in [0.717, 1.165) is 11.3 Å². The van der Waals surface area contributed by atoms with Crippen LogP contribution in [0.4, 0.5) is 5.69 Å². The Labute approximate surface area is 131 Å². The summed E-state index contributed by atoms with van der Waals surface area (Å²) in [6.07, 6.45) is 0. The summed E-state index contributed by atoms with van der Waals surface area (Å²) in [6.45, 7) is 1.56. The standard InChI is InChI=1S/C12H12ClN3O3S2/c1-7-11(20-12(13)15-7)21(18,19)16-9-6-4-3-5-8(9)10(17)14-2/h3-6,16H,1-2H3,(H,14,17). The quantitative estimate of drug-likeness (QED) is 0.889. The van der Waals surface area contributed by atoms with Crippen LogP contribution < -0.4 is 10.0 Å². The molecule has 21 heavy (non-hydrogen) atoms. The molecule has 112 valence electrons. The summed E-state index contributed by atoms with van der Waals surface area (Å²) in [7, 11) is -2.37. The predicted molar refractivity (Wildman–Crippen MR) is 82.5 cm³/mol. The van der Waals surface area contributed by atoms with E-state index in [1.807, 2.05) is 0 Å². The molecule has 0 spiro atoms. The minimum absolute atomic E-state index is 0.0270. The van der Waals surface area contributed by atoms with Gasteiger partial charge >= 0.3 is 0 Å². The molecule has 2 aromatic rings. The van der Waals surface area contributed by atoms with Gasteiger partial charge in [0.15, 0.2) is 8.68 Å². The number of nitrogens with one attached hydrogen (secondary N) is 2. The number of thiazole rings is 1. The number of carbonyl (C=O) groups excluding carboxylic acids is 1. The van der Waals surface area contributed by atoms with Crippen molar-refractivity contribution < 1.29 is 13.2 Å². The monoisotopic (exact) mass is 345 g/mol. The average molecular weight is 346 g/mol. The van der Waals surface area contributed by atoms with Crippen LogP contribution >= 0.6 is 22.9 Å². The second kappa shape index (κ2) is 6.00. The lowest BCUT2D eigenvalue weighted by Crippen LogP contribution is -2.21. The number of para-hydroxylation sites is 1. The summed E-state index contributed by atoms with van der Waals surface area (Å²) in [5.41, 5.74) is 0.743. The van der Waals surface area contributed by atoms with Gasteiger partial charge < -0.3 is 5.32 Å². The van der Waals surface area contributed by atoms with Gasteiger partial charge in [-0.1, -0.05) is 35.1 Å². The zero-order valence-corrected chi connectivity index (χ0v) is 13.6. The van der Waals surface area contributed by atoms with Crippen LogP contribution in [0.3, 0.4) is 0 Å². The number of hydrogen-bond acceptors (Lipinski definition) is 5. The molecule has 0 unspecified atom stereocenters. The van der Waals surface area contributed by atoms with Crippen molar-refractivity contribution in [2.24, 2.45) is 0 Å². The number of benzene rings is 1. The fraction of sp³-hybridized carbons (Fsp3) is 0.167. The molecular formula is C12H12ClN3O3S2. The van der Waals surface area contributed by atoms with Crippen molar-refractivity contribution >= 4 is 44.6 Å². The number of aromatic nitrogens is 1. The molecule has 6 nitrogen and oxygen atoms in total. The number of hydrogen-bond donors (Lipinski definition) is 2. The van der Waals surface area contributed by atoms with E-state index in [4.69, 9.17) is 11.6 Å². The third kappa shape index (κ3) is 3.34. The Balaban J connectivity index is 2.42. The number of nitrogens with zero attached hydrogens (tertiary/aromatic N) is 1. The molecule has 1 aromatic heterocycles. The maximum atomic E-state index is 12.4. The number of halogens is 1. The van der Waals surface area contributed by atoms with Gasteiger partial charge in [0.1, 0.15) is 0 Å². The van der Waals surface area contributed by atoms with Crippen LogP contribution in [-0.2, 0) is 10.0 Å². The smallest absolute Gasteiger partial charge is 0.273 e. The summed E-state index contributed by atoms with van der Waals surface area (Å²) in [6, 6.07) is 6.33. The summed E-state index contributed by atoms with van der Waals surface area (Å²) < 4.78 is 27.3. The Kier molecular flexibility index (Phi) is 4.50. The van der Waals surface area contributed by atoms with E-state index in [1.165, 1.54) is 19.2 Å². The van der Waals surface area contributed by atoms with E-state index < -0.39 is 10.0 Å². The van der Waals surface area contributed by atoms with Gasteiger partial charge in [0, 0.05) is 7.05 Å². The fourth-order valence-corrected chi connectivity index (χ4v) is 4.52. The van der Waals surface area contributed by atoms with Crippen LogP contribution in [0.25, 0.3) is 0 Å². The van der Waals surface area contributed by atoms with Crippen molar-refractivity contribution in [2.45, 2.75) is 11.1 Å². The van der Waals surface area contributed by atoms with Gasteiger partial charge in [-0.2, -0.15) is 0 Å². The van der Waals surface area contributed by atoms with Crippen molar-refractivity contribution in [1.82, 2.24) is 10.3 Å². The number of amides is 1. The van der Waals surface area contributed by atoms with E-state index in [-0.39, 0.29) is 25.8 Å². The van der Waals surface area contributed by atoms with Crippen molar-refractivity contribution in [3.05, 3.63) is 40.0 Å². The molecular weight excluding hydrogens is 334 g/mol. The molecule has 1 heterocycles. The van der Waals surface area contributed by atoms with Gasteiger partial charge in [0.25, 0.3) is 15.9 Å². The molecule has 0 radical (unpaired) electrons. The third-order valence-electron chi connectivity index (χ3n) is 2.62. The highest BCUT2D eigenvalue weighted by Crippen LogP contribution is 2.29. The highest BCUT2D eigenvalue weighted by molar-refractivity contribution is 7.94. The Morgan fingerprint density at radius 1 is 1.33 bits per heavy atom. The van der Waals surface area contributed by atoms with Crippen LogP contribution in [0, 0.1) is 6.92 Å². The molecule has 0 saturated heterocycles. The van der Waals surface area contributed by atoms with E-state index in [0.29, 0.717) is 5.69 Å². The molecule has 2 N–H and O–H groups in total. The van der Waals surface area contributed by atoms with Crippen LogP contribution in [0.5, 0.6) is 0 Å². The molecule has 0 bridgehead atoms. The first kappa shape index (κ1) is 15.7. The topological polar surface area (TPSA) is 88.2 Å². The van der Waals surface area contributed by atoms with Crippen molar-refractivity contribution in [1.29, 1.82) is 0 Å². The van der Waals surface area contributed by atoms with Gasteiger partial charge in [0.05, 0.1) is 16.9 Å². The van der Waals surface area contributed by atoms with Gasteiger partial charge in [-0.05, 0) is 19.1 Å². The first-order valence-electron chi connectivity index (χ1n) is 5.82. The average Bonchev–Trinajstić information content (AvgIpc) is 2.78. The van der Waals surface area contributed by atoms with Gasteiger partial charge in [0.2, 0.25) is 0 Å². The molecule has 1 aromatic carbocycles. The van der Waals surface area contributed by atoms with Gasteiger partial charge in [-0.15, -0.1) is 0 Å². The second-order valence-electron chi connectivity index (χ2n) is 4.07. The zero-order chi connectivity index (χ0) is 15.6. The Hall–Kier alpha value is -1.64. The molecule has 0 fully saturated rings. The second-order valence-corrected chi connectivity index (χ2v) is 7.53. The molecule has 0 aliphatic rings. The normalized spacial score (nSPS) is 11.2. The summed E-state index contributed by atoms with van der Waals surface area (Å²) in [4.78, 5) is 15.6. The molecule has 1 amide bonds. The lowest BCUT2D eigenvalue weighted by Gasteiger charge is -2.10. The highest BCUT2D eigenvalue weighted by atomic mass is 35.5. The summed E-state index contributed by atoms with van der Waals surface area (Å²) in [5, 5.41) is 2.46. The van der Waals surface area contributed by atoms with E-state index in [2.05, 4.69) is 15.0 Å². The lowest BCUT2D eigenvalue weighted by atomic mass is 10.2. The van der Waals surface area contributed by atoms with Crippen molar-refractivity contribution in [2.75, 3.05) is 11.8 Å². The maximum Gasteiger partial charge on any atom is 0.273 e. The van der Waals surface area contributed by atoms with Crippen molar-refractivity contribution in [3.8, 4) is 0 Å². The number of aryl methyl sites for hydroxylation is 1. The number of rotatable bonds is 4. The summed E-state index contributed by atoms with van der Waals surface area (Å²) >= 11 is 6.59. The number of carbonyl (C=O) groups is 1. The zero-order valence-electron chi connectivity index (χ0n) is 11.2. The number of sulfonamides is 1. The maximum absolute atomic E-state index is 12.4. The van der Waals surface area contributed by atoms with E-state index >= 15 is 0 Å². The largest absolute Gasteiger partial charge is 0.355 e. The molecule has 0 aliphatic heterocycles. The fourth-order valence-electron chi connectivity index (χ4n) is 1.70. The Morgan fingerprint density at radius 3 is 2.57 bits per heavy atom. The SMILES string of the molecule is CNC(=O)c1ccccc1NS(=O)(=O)c1sc(Cl)nc1C. The van der Waals surface area contributed by atoms with Gasteiger partial charge in [-0.25, -0.2) is 13.4 Å². The van der Waals surface area contributed by atoms with E-state index in [9.17, 15) is 13.2 Å². The van der Waals surface area contributed by atoms with Crippen molar-refractivity contribution in [3.63, 3.8) is 0 Å². The highest BCUT2D eigenvalue weighted by Gasteiger charge is 2.23. The molecule has 0 atom stereocenters. The molecule has 9 heteroatoms. The first-order valence-corrected chi connectivity index (χ1v) is 8.50. The van der Waals surface area contributed by atoms with Crippen LogP contribution in [-0.4, -0.2) is 26.4 Å². The number of anilines is 1.